The molecule has 6 heteroatoms. The lowest BCUT2D eigenvalue weighted by Gasteiger charge is -2.25. The van der Waals surface area contributed by atoms with Crippen LogP contribution in [0.5, 0.6) is 5.75 Å². The van der Waals surface area contributed by atoms with Crippen LogP contribution in [0.1, 0.15) is 24.0 Å². The van der Waals surface area contributed by atoms with Gasteiger partial charge in [-0.05, 0) is 36.1 Å². The number of benzene rings is 2. The van der Waals surface area contributed by atoms with Gasteiger partial charge in [0.05, 0.1) is 6.61 Å². The van der Waals surface area contributed by atoms with Gasteiger partial charge >= 0.3 is 0 Å². The molecule has 5 nitrogen and oxygen atoms in total. The Kier molecular flexibility index (Phi) is 7.77. The topological polar surface area (TPSA) is 46.1 Å². The van der Waals surface area contributed by atoms with Crippen LogP contribution in [0, 0.1) is 5.41 Å². The molecule has 2 aliphatic rings. The van der Waals surface area contributed by atoms with Crippen molar-refractivity contribution in [3.8, 4) is 5.75 Å². The predicted molar refractivity (Wildman–Crippen MR) is 127 cm³/mol. The highest BCUT2D eigenvalue weighted by atomic mass is 127. The van der Waals surface area contributed by atoms with Gasteiger partial charge in [-0.3, -0.25) is 4.99 Å². The van der Waals surface area contributed by atoms with E-state index in [1.165, 1.54) is 24.0 Å². The lowest BCUT2D eigenvalue weighted by Crippen LogP contribution is -2.41. The summed E-state index contributed by atoms with van der Waals surface area (Å²) in [6.45, 7) is 5.16. The molecule has 2 aromatic rings. The zero-order valence-electron chi connectivity index (χ0n) is 17.0. The van der Waals surface area contributed by atoms with Crippen molar-refractivity contribution in [1.29, 1.82) is 0 Å². The Morgan fingerprint density at radius 3 is 2.59 bits per heavy atom. The molecule has 0 bridgehead atoms. The first-order valence-corrected chi connectivity index (χ1v) is 10.1. The fourth-order valence-corrected chi connectivity index (χ4v) is 4.14. The first-order chi connectivity index (χ1) is 13.8. The van der Waals surface area contributed by atoms with Crippen molar-refractivity contribution in [1.82, 2.24) is 10.2 Å². The maximum atomic E-state index is 5.95. The van der Waals surface area contributed by atoms with Gasteiger partial charge in [0.15, 0.2) is 5.96 Å². The number of hydrogen-bond acceptors (Lipinski definition) is 3. The Hall–Kier alpha value is -1.80. The van der Waals surface area contributed by atoms with E-state index in [-0.39, 0.29) is 24.0 Å². The number of nitrogens with zero attached hydrogens (tertiary/aromatic N) is 2. The second kappa shape index (κ2) is 10.3. The third kappa shape index (κ3) is 5.42. The molecule has 0 saturated carbocycles. The molecule has 0 amide bonds. The van der Waals surface area contributed by atoms with E-state index in [0.29, 0.717) is 12.0 Å². The summed E-state index contributed by atoms with van der Waals surface area (Å²) in [5.74, 6) is 1.87. The first-order valence-electron chi connectivity index (χ1n) is 10.1. The molecule has 2 fully saturated rings. The smallest absolute Gasteiger partial charge is 0.193 e. The highest BCUT2D eigenvalue weighted by molar-refractivity contribution is 14.0. The number of likely N-dealkylation sites (tertiary alicyclic amines) is 1. The van der Waals surface area contributed by atoms with Gasteiger partial charge in [0.1, 0.15) is 12.4 Å². The van der Waals surface area contributed by atoms with E-state index in [1.54, 1.807) is 0 Å². The summed E-state index contributed by atoms with van der Waals surface area (Å²) in [5, 5.41) is 3.55. The molecule has 1 N–H and O–H groups in total. The van der Waals surface area contributed by atoms with Crippen LogP contribution in [0.2, 0.25) is 0 Å². The number of para-hydroxylation sites is 1. The van der Waals surface area contributed by atoms with Gasteiger partial charge in [0.25, 0.3) is 0 Å². The molecule has 1 atom stereocenters. The van der Waals surface area contributed by atoms with Gasteiger partial charge in [0.2, 0.25) is 0 Å². The standard InChI is InChI=1S/C23H29N3O2.HI/c1-24-22(26-13-11-23(17-26)12-14-27-18-23)25-15-19-7-5-6-8-20(19)16-28-21-9-3-2-4-10-21;/h2-10H,11-18H2,1H3,(H,24,25);1H. The van der Waals surface area contributed by atoms with Crippen LogP contribution >= 0.6 is 24.0 Å². The molecule has 4 rings (SSSR count). The normalized spacial score (nSPS) is 21.3. The van der Waals surface area contributed by atoms with Gasteiger partial charge < -0.3 is 19.7 Å². The Morgan fingerprint density at radius 1 is 1.10 bits per heavy atom. The van der Waals surface area contributed by atoms with E-state index in [9.17, 15) is 0 Å². The van der Waals surface area contributed by atoms with Crippen molar-refractivity contribution >= 4 is 29.9 Å². The molecular weight excluding hydrogens is 477 g/mol. The molecule has 2 heterocycles. The predicted octanol–water partition coefficient (Wildman–Crippen LogP) is 4.07. The third-order valence-electron chi connectivity index (χ3n) is 5.83. The number of aliphatic imine (C=N–C) groups is 1. The fraction of sp³-hybridized carbons (Fsp3) is 0.435. The van der Waals surface area contributed by atoms with Crippen LogP contribution in [0.25, 0.3) is 0 Å². The largest absolute Gasteiger partial charge is 0.489 e. The lowest BCUT2D eigenvalue weighted by atomic mass is 9.87. The quantitative estimate of drug-likeness (QED) is 0.377. The van der Waals surface area contributed by atoms with Gasteiger partial charge in [0, 0.05) is 38.7 Å². The Balaban J connectivity index is 0.00000240. The maximum Gasteiger partial charge on any atom is 0.193 e. The van der Waals surface area contributed by atoms with Crippen LogP contribution in [0.15, 0.2) is 59.6 Å². The van der Waals surface area contributed by atoms with Crippen molar-refractivity contribution in [3.05, 3.63) is 65.7 Å². The minimum absolute atomic E-state index is 0. The number of nitrogens with one attached hydrogen (secondary N) is 1. The summed E-state index contributed by atoms with van der Waals surface area (Å²) < 4.78 is 11.6. The molecular formula is C23H30IN3O2. The highest BCUT2D eigenvalue weighted by Crippen LogP contribution is 2.38. The van der Waals surface area contributed by atoms with Gasteiger partial charge in [-0.15, -0.1) is 24.0 Å². The lowest BCUT2D eigenvalue weighted by molar-refractivity contribution is 0.156. The molecule has 1 spiro atoms. The zero-order chi connectivity index (χ0) is 19.2. The highest BCUT2D eigenvalue weighted by Gasteiger charge is 2.42. The van der Waals surface area contributed by atoms with Crippen molar-refractivity contribution in [2.45, 2.75) is 26.0 Å². The van der Waals surface area contributed by atoms with Crippen LogP contribution in [-0.4, -0.2) is 44.2 Å². The maximum absolute atomic E-state index is 5.95. The van der Waals surface area contributed by atoms with Crippen LogP contribution in [0.4, 0.5) is 0 Å². The SMILES string of the molecule is CN=C(NCc1ccccc1COc1ccccc1)N1CCC2(CCOC2)C1.I. The molecule has 2 aromatic carbocycles. The molecule has 0 radical (unpaired) electrons. The molecule has 2 aliphatic heterocycles. The van der Waals surface area contributed by atoms with Gasteiger partial charge in [-0.2, -0.15) is 0 Å². The molecule has 0 aromatic heterocycles. The number of guanidine groups is 1. The van der Waals surface area contributed by atoms with Crippen molar-refractivity contribution in [2.24, 2.45) is 10.4 Å². The zero-order valence-corrected chi connectivity index (χ0v) is 19.3. The van der Waals surface area contributed by atoms with Gasteiger partial charge in [-0.25, -0.2) is 0 Å². The summed E-state index contributed by atoms with van der Waals surface area (Å²) in [6, 6.07) is 18.4. The second-order valence-corrected chi connectivity index (χ2v) is 7.75. The van der Waals surface area contributed by atoms with E-state index in [0.717, 1.165) is 44.6 Å². The Labute approximate surface area is 190 Å². The van der Waals surface area contributed by atoms with Gasteiger partial charge in [-0.1, -0.05) is 42.5 Å². The van der Waals surface area contributed by atoms with E-state index in [2.05, 4.69) is 39.5 Å². The summed E-state index contributed by atoms with van der Waals surface area (Å²) in [5.41, 5.74) is 2.76. The van der Waals surface area contributed by atoms with Crippen molar-refractivity contribution in [2.75, 3.05) is 33.4 Å². The number of rotatable bonds is 5. The number of hydrogen-bond donors (Lipinski definition) is 1. The second-order valence-electron chi connectivity index (χ2n) is 7.75. The minimum Gasteiger partial charge on any atom is -0.489 e. The Bertz CT molecular complexity index is 807. The summed E-state index contributed by atoms with van der Waals surface area (Å²) in [7, 11) is 1.86. The Morgan fingerprint density at radius 2 is 1.86 bits per heavy atom. The minimum atomic E-state index is 0. The van der Waals surface area contributed by atoms with Crippen LogP contribution in [-0.2, 0) is 17.9 Å². The van der Waals surface area contributed by atoms with Crippen molar-refractivity contribution in [3.63, 3.8) is 0 Å². The molecule has 1 unspecified atom stereocenters. The van der Waals surface area contributed by atoms with E-state index in [1.807, 2.05) is 37.4 Å². The summed E-state index contributed by atoms with van der Waals surface area (Å²) in [6.07, 6.45) is 2.36. The average Bonchev–Trinajstić information content (AvgIpc) is 3.38. The van der Waals surface area contributed by atoms with E-state index >= 15 is 0 Å². The monoisotopic (exact) mass is 507 g/mol. The summed E-state index contributed by atoms with van der Waals surface area (Å²) in [4.78, 5) is 6.90. The van der Waals surface area contributed by atoms with Crippen LogP contribution < -0.4 is 10.1 Å². The fourth-order valence-electron chi connectivity index (χ4n) is 4.14. The number of ether oxygens (including phenoxy) is 2. The molecule has 156 valence electrons. The first kappa shape index (κ1) is 21.9. The third-order valence-corrected chi connectivity index (χ3v) is 5.83. The van der Waals surface area contributed by atoms with E-state index in [4.69, 9.17) is 9.47 Å². The molecule has 29 heavy (non-hydrogen) atoms. The van der Waals surface area contributed by atoms with E-state index < -0.39 is 0 Å². The molecule has 2 saturated heterocycles. The van der Waals surface area contributed by atoms with Crippen LogP contribution in [0.3, 0.4) is 0 Å². The van der Waals surface area contributed by atoms with Crippen molar-refractivity contribution < 1.29 is 9.47 Å². The summed E-state index contributed by atoms with van der Waals surface area (Å²) >= 11 is 0. The molecule has 0 aliphatic carbocycles. The average molecular weight is 507 g/mol. The number of halogens is 1.